The smallest absolute Gasteiger partial charge is 0.0347 e. The molecule has 0 amide bonds. The molecule has 0 aromatic rings. The summed E-state index contributed by atoms with van der Waals surface area (Å²) in [6.45, 7) is 2.32. The van der Waals surface area contributed by atoms with Crippen LogP contribution in [-0.4, -0.2) is 5.54 Å². The zero-order valence-electron chi connectivity index (χ0n) is 5.00. The number of halogens is 1. The van der Waals surface area contributed by atoms with Crippen LogP contribution in [0, 0.1) is 5.41 Å². The van der Waals surface area contributed by atoms with Crippen molar-refractivity contribution in [3.8, 4) is 0 Å². The molecule has 1 N–H and O–H groups in total. The van der Waals surface area contributed by atoms with Gasteiger partial charge in [-0.15, -0.1) is 0 Å². The standard InChI is InChI=1S/C6H10ClN/c1-5-2-6(3-5,4-5)8-7/h8H,2-4H2,1H3. The van der Waals surface area contributed by atoms with Crippen LogP contribution in [0.3, 0.4) is 0 Å². The summed E-state index contributed by atoms with van der Waals surface area (Å²) < 4.78 is 0. The summed E-state index contributed by atoms with van der Waals surface area (Å²) in [5, 5.41) is 0. The van der Waals surface area contributed by atoms with E-state index in [1.54, 1.807) is 0 Å². The highest BCUT2D eigenvalue weighted by molar-refractivity contribution is 6.14. The summed E-state index contributed by atoms with van der Waals surface area (Å²) in [5.74, 6) is 0. The fraction of sp³-hybridized carbons (Fsp3) is 1.00. The lowest BCUT2D eigenvalue weighted by Crippen LogP contribution is -2.70. The molecule has 3 rings (SSSR count). The molecule has 0 aromatic carbocycles. The Balaban J connectivity index is 2.04. The summed E-state index contributed by atoms with van der Waals surface area (Å²) in [6.07, 6.45) is 3.89. The highest BCUT2D eigenvalue weighted by atomic mass is 35.5. The highest BCUT2D eigenvalue weighted by Crippen LogP contribution is 2.66. The maximum atomic E-state index is 5.49. The van der Waals surface area contributed by atoms with Crippen molar-refractivity contribution in [1.82, 2.24) is 4.84 Å². The van der Waals surface area contributed by atoms with Crippen molar-refractivity contribution in [1.29, 1.82) is 0 Å². The third-order valence-electron chi connectivity index (χ3n) is 2.50. The molecule has 2 heteroatoms. The monoisotopic (exact) mass is 131 g/mol. The summed E-state index contributed by atoms with van der Waals surface area (Å²) >= 11 is 5.49. The predicted molar refractivity (Wildman–Crippen MR) is 33.7 cm³/mol. The summed E-state index contributed by atoms with van der Waals surface area (Å²) in [5.41, 5.74) is 1.07. The van der Waals surface area contributed by atoms with Gasteiger partial charge in [-0.1, -0.05) is 6.92 Å². The van der Waals surface area contributed by atoms with Crippen LogP contribution in [0.4, 0.5) is 0 Å². The average molecular weight is 132 g/mol. The Morgan fingerprint density at radius 1 is 1.38 bits per heavy atom. The van der Waals surface area contributed by atoms with Crippen LogP contribution >= 0.6 is 11.8 Å². The Bertz CT molecular complexity index is 113. The maximum Gasteiger partial charge on any atom is 0.0347 e. The van der Waals surface area contributed by atoms with Crippen molar-refractivity contribution in [3.05, 3.63) is 0 Å². The van der Waals surface area contributed by atoms with Crippen molar-refractivity contribution >= 4 is 11.8 Å². The number of hydrogen-bond donors (Lipinski definition) is 1. The van der Waals surface area contributed by atoms with E-state index in [1.165, 1.54) is 19.3 Å². The lowest BCUT2D eigenvalue weighted by atomic mass is 9.41. The van der Waals surface area contributed by atoms with Gasteiger partial charge < -0.3 is 0 Å². The van der Waals surface area contributed by atoms with Gasteiger partial charge >= 0.3 is 0 Å². The van der Waals surface area contributed by atoms with E-state index in [0.717, 1.165) is 0 Å². The number of hydrogen-bond acceptors (Lipinski definition) is 1. The topological polar surface area (TPSA) is 12.0 Å². The molecule has 0 heterocycles. The zero-order valence-corrected chi connectivity index (χ0v) is 5.76. The summed E-state index contributed by atoms with van der Waals surface area (Å²) in [4.78, 5) is 2.84. The van der Waals surface area contributed by atoms with Gasteiger partial charge in [0.05, 0.1) is 0 Å². The van der Waals surface area contributed by atoms with E-state index >= 15 is 0 Å². The third-order valence-corrected chi connectivity index (χ3v) is 2.90. The predicted octanol–water partition coefficient (Wildman–Crippen LogP) is 1.67. The van der Waals surface area contributed by atoms with Gasteiger partial charge in [0.1, 0.15) is 0 Å². The Hall–Kier alpha value is 0.250. The van der Waals surface area contributed by atoms with Gasteiger partial charge in [0, 0.05) is 5.54 Å². The second kappa shape index (κ2) is 1.07. The van der Waals surface area contributed by atoms with Crippen LogP contribution in [0.15, 0.2) is 0 Å². The number of nitrogens with one attached hydrogen (secondary N) is 1. The largest absolute Gasteiger partial charge is 0.227 e. The minimum absolute atomic E-state index is 0.385. The van der Waals surface area contributed by atoms with Crippen LogP contribution < -0.4 is 4.84 Å². The molecule has 3 saturated carbocycles. The molecule has 0 saturated heterocycles. The Labute approximate surface area is 54.5 Å². The second-order valence-electron chi connectivity index (χ2n) is 3.72. The number of rotatable bonds is 1. The van der Waals surface area contributed by atoms with Gasteiger partial charge in [0.25, 0.3) is 0 Å². The van der Waals surface area contributed by atoms with Crippen LogP contribution in [0.2, 0.25) is 0 Å². The molecule has 2 bridgehead atoms. The fourth-order valence-electron chi connectivity index (χ4n) is 2.40. The Morgan fingerprint density at radius 3 is 2.00 bits per heavy atom. The van der Waals surface area contributed by atoms with Crippen molar-refractivity contribution in [2.45, 2.75) is 31.7 Å². The van der Waals surface area contributed by atoms with Gasteiger partial charge in [-0.3, -0.25) is 0 Å². The van der Waals surface area contributed by atoms with Crippen LogP contribution in [0.25, 0.3) is 0 Å². The van der Waals surface area contributed by atoms with E-state index in [0.29, 0.717) is 11.0 Å². The van der Waals surface area contributed by atoms with E-state index in [4.69, 9.17) is 11.8 Å². The molecule has 8 heavy (non-hydrogen) atoms. The summed E-state index contributed by atoms with van der Waals surface area (Å²) in [6, 6.07) is 0. The van der Waals surface area contributed by atoms with Gasteiger partial charge in [0.15, 0.2) is 0 Å². The minimum Gasteiger partial charge on any atom is -0.227 e. The first-order valence-corrected chi connectivity index (χ1v) is 3.44. The quantitative estimate of drug-likeness (QED) is 0.534. The molecular formula is C6H10ClN. The molecule has 0 spiro atoms. The Morgan fingerprint density at radius 2 is 1.88 bits per heavy atom. The van der Waals surface area contributed by atoms with Crippen molar-refractivity contribution in [2.24, 2.45) is 5.41 Å². The van der Waals surface area contributed by atoms with E-state index < -0.39 is 0 Å². The van der Waals surface area contributed by atoms with E-state index in [-0.39, 0.29) is 0 Å². The highest BCUT2D eigenvalue weighted by Gasteiger charge is 2.64. The molecule has 3 aliphatic carbocycles. The first-order chi connectivity index (χ1) is 3.68. The third kappa shape index (κ3) is 0.381. The SMILES string of the molecule is CC12CC(NCl)(C1)C2. The summed E-state index contributed by atoms with van der Waals surface area (Å²) in [7, 11) is 0. The van der Waals surface area contributed by atoms with Crippen molar-refractivity contribution in [3.63, 3.8) is 0 Å². The van der Waals surface area contributed by atoms with Gasteiger partial charge in [-0.25, -0.2) is 4.84 Å². The first-order valence-electron chi connectivity index (χ1n) is 3.06. The van der Waals surface area contributed by atoms with E-state index in [1.807, 2.05) is 0 Å². The fourth-order valence-corrected chi connectivity index (χ4v) is 2.60. The van der Waals surface area contributed by atoms with E-state index in [2.05, 4.69) is 11.8 Å². The molecule has 1 nitrogen and oxygen atoms in total. The molecule has 0 aliphatic heterocycles. The minimum atomic E-state index is 0.385. The van der Waals surface area contributed by atoms with Crippen molar-refractivity contribution < 1.29 is 0 Å². The van der Waals surface area contributed by atoms with Gasteiger partial charge in [0.2, 0.25) is 0 Å². The Kier molecular flexibility index (Phi) is 0.679. The first kappa shape index (κ1) is 5.07. The van der Waals surface area contributed by atoms with Crippen LogP contribution in [0.5, 0.6) is 0 Å². The van der Waals surface area contributed by atoms with Crippen molar-refractivity contribution in [2.75, 3.05) is 0 Å². The molecule has 0 aromatic heterocycles. The molecule has 3 fully saturated rings. The molecule has 0 atom stereocenters. The average Bonchev–Trinajstić information content (AvgIpc) is 1.55. The lowest BCUT2D eigenvalue weighted by Gasteiger charge is -2.68. The maximum absolute atomic E-state index is 5.49. The molecule has 0 radical (unpaired) electrons. The zero-order chi connectivity index (χ0) is 5.83. The van der Waals surface area contributed by atoms with Gasteiger partial charge in [-0.05, 0) is 36.5 Å². The lowest BCUT2D eigenvalue weighted by molar-refractivity contribution is -0.126. The van der Waals surface area contributed by atoms with Crippen LogP contribution in [0.1, 0.15) is 26.2 Å². The van der Waals surface area contributed by atoms with Crippen LogP contribution in [-0.2, 0) is 0 Å². The van der Waals surface area contributed by atoms with E-state index in [9.17, 15) is 0 Å². The van der Waals surface area contributed by atoms with Gasteiger partial charge in [-0.2, -0.15) is 0 Å². The molecule has 0 unspecified atom stereocenters. The molecule has 46 valence electrons. The second-order valence-corrected chi connectivity index (χ2v) is 3.90. The molecule has 3 aliphatic rings. The normalized spacial score (nSPS) is 59.2. The molecular weight excluding hydrogens is 122 g/mol.